The summed E-state index contributed by atoms with van der Waals surface area (Å²) in [6.45, 7) is 0. The van der Waals surface area contributed by atoms with Gasteiger partial charge in [-0.1, -0.05) is 23.7 Å². The first kappa shape index (κ1) is 19.6. The second kappa shape index (κ2) is 7.09. The van der Waals surface area contributed by atoms with E-state index in [9.17, 15) is 22.0 Å². The van der Waals surface area contributed by atoms with Crippen LogP contribution in [-0.4, -0.2) is 14.8 Å². The van der Waals surface area contributed by atoms with Gasteiger partial charge in [-0.25, -0.2) is 14.1 Å². The Labute approximate surface area is 159 Å². The number of nitrogens with zero attached hydrogens (tertiary/aromatic N) is 4. The molecule has 0 N–H and O–H groups in total. The summed E-state index contributed by atoms with van der Waals surface area (Å²) in [6.07, 6.45) is -4.75. The largest absolute Gasteiger partial charge is 0.435 e. The Hall–Kier alpha value is -3.19. The fraction of sp³-hybridized carbons (Fsp3) is 0.118. The zero-order valence-corrected chi connectivity index (χ0v) is 14.6. The van der Waals surface area contributed by atoms with E-state index in [0.717, 1.165) is 7.05 Å². The molecule has 1 aromatic carbocycles. The molecular weight excluding hydrogens is 407 g/mol. The van der Waals surface area contributed by atoms with Gasteiger partial charge in [-0.2, -0.15) is 27.9 Å². The molecule has 3 rings (SSSR count). The van der Waals surface area contributed by atoms with Crippen LogP contribution in [0.5, 0.6) is 11.8 Å². The Morgan fingerprint density at radius 3 is 2.32 bits per heavy atom. The van der Waals surface area contributed by atoms with Gasteiger partial charge in [0.25, 0.3) is 5.88 Å². The number of hydrogen-bond acceptors (Lipinski definition) is 4. The summed E-state index contributed by atoms with van der Waals surface area (Å²) in [7, 11) is 1.14. The summed E-state index contributed by atoms with van der Waals surface area (Å²) in [4.78, 5) is 3.70. The van der Waals surface area contributed by atoms with Crippen LogP contribution in [0, 0.1) is 23.0 Å². The van der Waals surface area contributed by atoms with Gasteiger partial charge in [0.05, 0.1) is 0 Å². The minimum Gasteiger partial charge on any atom is -0.418 e. The lowest BCUT2D eigenvalue weighted by Gasteiger charge is -2.10. The van der Waals surface area contributed by atoms with E-state index >= 15 is 0 Å². The van der Waals surface area contributed by atoms with Crippen molar-refractivity contribution in [3.63, 3.8) is 0 Å². The van der Waals surface area contributed by atoms with E-state index in [1.165, 1.54) is 30.3 Å². The zero-order valence-electron chi connectivity index (χ0n) is 13.9. The first-order valence-corrected chi connectivity index (χ1v) is 7.83. The summed E-state index contributed by atoms with van der Waals surface area (Å²) in [6, 6.07) is 7.48. The average molecular weight is 415 g/mol. The molecular formula is C17H8ClF5N4O. The Balaban J connectivity index is 2.12. The third-order valence-electron chi connectivity index (χ3n) is 3.61. The molecule has 0 saturated heterocycles. The molecule has 0 saturated carbocycles. The van der Waals surface area contributed by atoms with E-state index in [-0.39, 0.29) is 5.56 Å². The predicted molar refractivity (Wildman–Crippen MR) is 87.6 cm³/mol. The molecule has 28 heavy (non-hydrogen) atoms. The smallest absolute Gasteiger partial charge is 0.418 e. The van der Waals surface area contributed by atoms with Gasteiger partial charge < -0.3 is 4.74 Å². The molecule has 0 aliphatic heterocycles. The lowest BCUT2D eigenvalue weighted by atomic mass is 10.1. The van der Waals surface area contributed by atoms with Crippen molar-refractivity contribution in [2.24, 2.45) is 7.05 Å². The van der Waals surface area contributed by atoms with Crippen molar-refractivity contribution in [3.8, 4) is 29.1 Å². The molecule has 2 aromatic heterocycles. The number of nitriles is 1. The summed E-state index contributed by atoms with van der Waals surface area (Å²) < 4.78 is 73.0. The van der Waals surface area contributed by atoms with Gasteiger partial charge in [0.1, 0.15) is 17.3 Å². The van der Waals surface area contributed by atoms with E-state index < -0.39 is 46.5 Å². The van der Waals surface area contributed by atoms with Crippen molar-refractivity contribution in [1.29, 1.82) is 5.26 Å². The van der Waals surface area contributed by atoms with E-state index in [4.69, 9.17) is 21.6 Å². The van der Waals surface area contributed by atoms with Crippen LogP contribution in [0.4, 0.5) is 22.0 Å². The highest BCUT2D eigenvalue weighted by molar-refractivity contribution is 6.30. The molecule has 5 nitrogen and oxygen atoms in total. The number of benzene rings is 1. The standard InChI is InChI=1S/C17H8ClF5N4O/c1-27-12(6-11(26-27)17(21,22)23)28-16-14(20)10(7-24)13(19)15(25-16)8-2-4-9(18)5-3-8/h2-6H,1H3. The highest BCUT2D eigenvalue weighted by Crippen LogP contribution is 2.35. The van der Waals surface area contributed by atoms with Crippen molar-refractivity contribution in [3.05, 3.63) is 58.2 Å². The maximum Gasteiger partial charge on any atom is 0.435 e. The zero-order chi connectivity index (χ0) is 20.6. The van der Waals surface area contributed by atoms with Crippen LogP contribution in [0.2, 0.25) is 5.02 Å². The third-order valence-corrected chi connectivity index (χ3v) is 3.86. The van der Waals surface area contributed by atoms with Crippen molar-refractivity contribution >= 4 is 11.6 Å². The summed E-state index contributed by atoms with van der Waals surface area (Å²) in [5.74, 6) is -4.07. The van der Waals surface area contributed by atoms with Gasteiger partial charge in [0.15, 0.2) is 11.5 Å². The fourth-order valence-electron chi connectivity index (χ4n) is 2.27. The summed E-state index contributed by atoms with van der Waals surface area (Å²) >= 11 is 5.77. The number of aromatic nitrogens is 3. The predicted octanol–water partition coefficient (Wildman–Crippen LogP) is 5.10. The molecule has 0 atom stereocenters. The minimum atomic E-state index is -4.75. The van der Waals surface area contributed by atoms with Crippen LogP contribution < -0.4 is 4.74 Å². The van der Waals surface area contributed by atoms with Gasteiger partial charge >= 0.3 is 6.18 Å². The minimum absolute atomic E-state index is 0.157. The maximum atomic E-state index is 14.5. The Kier molecular flexibility index (Phi) is 4.95. The molecule has 0 aliphatic carbocycles. The van der Waals surface area contributed by atoms with E-state index in [1.54, 1.807) is 0 Å². The first-order valence-electron chi connectivity index (χ1n) is 7.46. The number of ether oxygens (including phenoxy) is 1. The van der Waals surface area contributed by atoms with E-state index in [0.29, 0.717) is 15.8 Å². The van der Waals surface area contributed by atoms with Crippen LogP contribution in [0.15, 0.2) is 30.3 Å². The summed E-state index contributed by atoms with van der Waals surface area (Å²) in [5, 5.41) is 12.6. The quantitative estimate of drug-likeness (QED) is 0.560. The van der Waals surface area contributed by atoms with Gasteiger partial charge in [0.2, 0.25) is 11.7 Å². The van der Waals surface area contributed by atoms with Gasteiger partial charge in [-0.05, 0) is 12.1 Å². The number of alkyl halides is 3. The topological polar surface area (TPSA) is 63.7 Å². The van der Waals surface area contributed by atoms with Crippen LogP contribution in [0.1, 0.15) is 11.3 Å². The molecule has 11 heteroatoms. The fourth-order valence-corrected chi connectivity index (χ4v) is 2.40. The number of halogens is 6. The Bertz CT molecular complexity index is 1090. The van der Waals surface area contributed by atoms with E-state index in [1.807, 2.05) is 0 Å². The van der Waals surface area contributed by atoms with Gasteiger partial charge in [0, 0.05) is 23.7 Å². The lowest BCUT2D eigenvalue weighted by Crippen LogP contribution is -2.06. The Morgan fingerprint density at radius 1 is 1.14 bits per heavy atom. The van der Waals surface area contributed by atoms with Gasteiger partial charge in [-0.3, -0.25) is 0 Å². The molecule has 0 amide bonds. The highest BCUT2D eigenvalue weighted by Gasteiger charge is 2.35. The van der Waals surface area contributed by atoms with Crippen LogP contribution >= 0.6 is 11.6 Å². The highest BCUT2D eigenvalue weighted by atomic mass is 35.5. The van der Waals surface area contributed by atoms with Crippen molar-refractivity contribution in [2.45, 2.75) is 6.18 Å². The molecule has 3 aromatic rings. The molecule has 0 radical (unpaired) electrons. The van der Waals surface area contributed by atoms with Gasteiger partial charge in [-0.15, -0.1) is 0 Å². The molecule has 144 valence electrons. The van der Waals surface area contributed by atoms with E-state index in [2.05, 4.69) is 10.1 Å². The lowest BCUT2D eigenvalue weighted by molar-refractivity contribution is -0.141. The van der Waals surface area contributed by atoms with Crippen LogP contribution in [0.3, 0.4) is 0 Å². The SMILES string of the molecule is Cn1nc(C(F)(F)F)cc1Oc1nc(-c2ccc(Cl)cc2)c(F)c(C#N)c1F. The molecule has 0 fully saturated rings. The molecule has 2 heterocycles. The number of rotatable bonds is 3. The molecule has 0 unspecified atom stereocenters. The molecule has 0 bridgehead atoms. The number of hydrogen-bond donors (Lipinski definition) is 0. The second-order valence-electron chi connectivity index (χ2n) is 5.48. The molecule has 0 aliphatic rings. The average Bonchev–Trinajstić information content (AvgIpc) is 3.00. The molecule has 0 spiro atoms. The van der Waals surface area contributed by atoms with Crippen molar-refractivity contribution < 1.29 is 26.7 Å². The van der Waals surface area contributed by atoms with Crippen LogP contribution in [-0.2, 0) is 13.2 Å². The summed E-state index contributed by atoms with van der Waals surface area (Å²) in [5.41, 5.74) is -2.54. The maximum absolute atomic E-state index is 14.5. The third kappa shape index (κ3) is 3.61. The Morgan fingerprint density at radius 2 is 1.79 bits per heavy atom. The normalized spacial score (nSPS) is 11.4. The van der Waals surface area contributed by atoms with Crippen LogP contribution in [0.25, 0.3) is 11.3 Å². The first-order chi connectivity index (χ1) is 13.1. The van der Waals surface area contributed by atoms with Crippen molar-refractivity contribution in [2.75, 3.05) is 0 Å². The monoisotopic (exact) mass is 414 g/mol. The second-order valence-corrected chi connectivity index (χ2v) is 5.91. The number of aryl methyl sites for hydroxylation is 1. The van der Waals surface area contributed by atoms with Crippen molar-refractivity contribution in [1.82, 2.24) is 14.8 Å². The number of pyridine rings is 1.